The SMILES string of the molecule is Brc1ncccn1.C.C.CC1(C)OB(c2ccc(N)c(P(C)(C)=O)c2)OC1(C)C.CP(C)(=O)c1cc(-c2ncccn2)ccc1N. The van der Waals surface area contributed by atoms with Crippen LogP contribution in [0.25, 0.3) is 11.4 Å². The molecule has 4 aromatic rings. The third-order valence-electron chi connectivity index (χ3n) is 7.13. The maximum atomic E-state index is 12.3. The fourth-order valence-electron chi connectivity index (χ4n) is 4.03. The lowest BCUT2D eigenvalue weighted by Crippen LogP contribution is -2.41. The molecule has 2 aromatic carbocycles. The van der Waals surface area contributed by atoms with Gasteiger partial charge in [-0.05, 0) is 118 Å². The van der Waals surface area contributed by atoms with Gasteiger partial charge in [-0.2, -0.15) is 0 Å². The van der Waals surface area contributed by atoms with Crippen molar-refractivity contribution in [3.05, 3.63) is 78.1 Å². The predicted molar refractivity (Wildman–Crippen MR) is 200 cm³/mol. The Morgan fingerprint density at radius 2 is 1.11 bits per heavy atom. The molecule has 1 aliphatic rings. The number of benzene rings is 2. The third kappa shape index (κ3) is 10.8. The number of nitrogen functional groups attached to an aromatic ring is 2. The van der Waals surface area contributed by atoms with Gasteiger partial charge in [0, 0.05) is 52.3 Å². The predicted octanol–water partition coefficient (Wildman–Crippen LogP) is 6.30. The average Bonchev–Trinajstić information content (AvgIpc) is 3.16. The van der Waals surface area contributed by atoms with Crippen molar-refractivity contribution in [2.75, 3.05) is 38.1 Å². The molecule has 3 heterocycles. The molecular formula is C32H48BBrN6O4P2. The lowest BCUT2D eigenvalue weighted by molar-refractivity contribution is 0.00578. The number of halogens is 1. The maximum Gasteiger partial charge on any atom is 0.494 e. The highest BCUT2D eigenvalue weighted by Crippen LogP contribution is 2.39. The molecule has 46 heavy (non-hydrogen) atoms. The first-order valence-electron chi connectivity index (χ1n) is 13.8. The van der Waals surface area contributed by atoms with Gasteiger partial charge >= 0.3 is 7.12 Å². The summed E-state index contributed by atoms with van der Waals surface area (Å²) in [4.78, 5) is 15.9. The Balaban J connectivity index is 0.000000370. The van der Waals surface area contributed by atoms with Crippen LogP contribution in [0.1, 0.15) is 42.5 Å². The summed E-state index contributed by atoms with van der Waals surface area (Å²) < 4.78 is 37.0. The Morgan fingerprint density at radius 1 is 0.696 bits per heavy atom. The summed E-state index contributed by atoms with van der Waals surface area (Å²) in [5.74, 6) is 0.613. The van der Waals surface area contributed by atoms with Crippen LogP contribution in [0.2, 0.25) is 0 Å². The van der Waals surface area contributed by atoms with Gasteiger partial charge in [0.2, 0.25) is 0 Å². The molecule has 14 heteroatoms. The van der Waals surface area contributed by atoms with E-state index in [1.807, 2.05) is 52.0 Å². The van der Waals surface area contributed by atoms with Gasteiger partial charge in [0.15, 0.2) is 10.6 Å². The van der Waals surface area contributed by atoms with E-state index in [0.29, 0.717) is 32.5 Å². The number of nitrogens with zero attached hydrogens (tertiary/aromatic N) is 4. The maximum absolute atomic E-state index is 12.3. The van der Waals surface area contributed by atoms with E-state index in [-0.39, 0.29) is 26.1 Å². The molecule has 0 aliphatic carbocycles. The smallest absolute Gasteiger partial charge is 0.399 e. The fraction of sp³-hybridized carbons (Fsp3) is 0.375. The zero-order valence-corrected chi connectivity index (χ0v) is 29.7. The minimum absolute atomic E-state index is 0. The Bertz CT molecular complexity index is 1650. The van der Waals surface area contributed by atoms with E-state index in [9.17, 15) is 9.13 Å². The number of hydrogen-bond donors (Lipinski definition) is 2. The number of anilines is 2. The van der Waals surface area contributed by atoms with E-state index in [2.05, 4.69) is 35.9 Å². The van der Waals surface area contributed by atoms with E-state index < -0.39 is 21.4 Å². The molecule has 0 saturated carbocycles. The molecule has 1 aliphatic heterocycles. The summed E-state index contributed by atoms with van der Waals surface area (Å²) in [7, 11) is -5.26. The third-order valence-corrected chi connectivity index (χ3v) is 10.6. The Morgan fingerprint density at radius 3 is 1.52 bits per heavy atom. The van der Waals surface area contributed by atoms with Crippen LogP contribution in [0.15, 0.2) is 78.1 Å². The second kappa shape index (κ2) is 16.3. The molecule has 0 spiro atoms. The highest BCUT2D eigenvalue weighted by atomic mass is 79.9. The van der Waals surface area contributed by atoms with Crippen LogP contribution in [0.4, 0.5) is 11.4 Å². The second-order valence-electron chi connectivity index (χ2n) is 12.0. The van der Waals surface area contributed by atoms with Gasteiger partial charge in [-0.1, -0.05) is 20.9 Å². The summed E-state index contributed by atoms with van der Waals surface area (Å²) in [5, 5.41) is 1.37. The van der Waals surface area contributed by atoms with Crippen molar-refractivity contribution < 1.29 is 18.4 Å². The molecule has 0 bridgehead atoms. The van der Waals surface area contributed by atoms with Crippen LogP contribution in [-0.4, -0.2) is 64.9 Å². The monoisotopic (exact) mass is 732 g/mol. The topological polar surface area (TPSA) is 156 Å². The Kier molecular flexibility index (Phi) is 14.6. The molecule has 1 saturated heterocycles. The molecule has 2 aromatic heterocycles. The van der Waals surface area contributed by atoms with Crippen LogP contribution < -0.4 is 27.5 Å². The largest absolute Gasteiger partial charge is 0.494 e. The molecule has 0 atom stereocenters. The van der Waals surface area contributed by atoms with Crippen molar-refractivity contribution in [2.45, 2.75) is 53.8 Å². The van der Waals surface area contributed by atoms with Crippen LogP contribution in [0.5, 0.6) is 0 Å². The lowest BCUT2D eigenvalue weighted by atomic mass is 9.79. The molecule has 0 unspecified atom stereocenters. The quantitative estimate of drug-likeness (QED) is 0.106. The van der Waals surface area contributed by atoms with Crippen molar-refractivity contribution in [2.24, 2.45) is 0 Å². The number of hydrogen-bond acceptors (Lipinski definition) is 10. The summed E-state index contributed by atoms with van der Waals surface area (Å²) in [6.45, 7) is 14.9. The normalized spacial score (nSPS) is 14.8. The molecule has 250 valence electrons. The minimum atomic E-state index is -2.42. The van der Waals surface area contributed by atoms with Crippen molar-refractivity contribution in [1.29, 1.82) is 0 Å². The van der Waals surface area contributed by atoms with Crippen molar-refractivity contribution in [1.82, 2.24) is 19.9 Å². The van der Waals surface area contributed by atoms with Crippen LogP contribution in [0, 0.1) is 0 Å². The Labute approximate surface area is 283 Å². The van der Waals surface area contributed by atoms with Gasteiger partial charge in [-0.25, -0.2) is 19.9 Å². The van der Waals surface area contributed by atoms with E-state index >= 15 is 0 Å². The van der Waals surface area contributed by atoms with Gasteiger partial charge in [0.25, 0.3) is 0 Å². The molecular weight excluding hydrogens is 685 g/mol. The molecule has 4 N–H and O–H groups in total. The highest BCUT2D eigenvalue weighted by molar-refractivity contribution is 9.10. The van der Waals surface area contributed by atoms with Gasteiger partial charge in [0.1, 0.15) is 14.3 Å². The average molecular weight is 733 g/mol. The van der Waals surface area contributed by atoms with E-state index in [0.717, 1.165) is 11.0 Å². The first-order chi connectivity index (χ1) is 20.3. The van der Waals surface area contributed by atoms with Gasteiger partial charge in [0.05, 0.1) is 11.2 Å². The number of rotatable bonds is 4. The number of aromatic nitrogens is 4. The highest BCUT2D eigenvalue weighted by Gasteiger charge is 2.51. The van der Waals surface area contributed by atoms with Crippen LogP contribution >= 0.6 is 30.2 Å². The van der Waals surface area contributed by atoms with Gasteiger partial charge < -0.3 is 29.9 Å². The zero-order chi connectivity index (χ0) is 32.9. The van der Waals surface area contributed by atoms with E-state index in [1.165, 1.54) is 0 Å². The van der Waals surface area contributed by atoms with Gasteiger partial charge in [-0.3, -0.25) is 0 Å². The molecule has 10 nitrogen and oxygen atoms in total. The molecule has 1 fully saturated rings. The first-order valence-corrected chi connectivity index (χ1v) is 19.8. The first kappa shape index (κ1) is 41.1. The zero-order valence-electron chi connectivity index (χ0n) is 26.4. The van der Waals surface area contributed by atoms with Crippen LogP contribution in [0.3, 0.4) is 0 Å². The van der Waals surface area contributed by atoms with E-state index in [1.54, 1.807) is 75.7 Å². The van der Waals surface area contributed by atoms with Gasteiger partial charge in [-0.15, -0.1) is 0 Å². The molecule has 0 amide bonds. The fourth-order valence-corrected chi connectivity index (χ4v) is 6.57. The molecule has 0 radical (unpaired) electrons. The lowest BCUT2D eigenvalue weighted by Gasteiger charge is -2.32. The van der Waals surface area contributed by atoms with Crippen LogP contribution in [-0.2, 0) is 18.4 Å². The minimum Gasteiger partial charge on any atom is -0.399 e. The Hall–Kier alpha value is -2.88. The number of nitrogens with two attached hydrogens (primary N) is 2. The summed E-state index contributed by atoms with van der Waals surface area (Å²) in [5.41, 5.74) is 13.8. The summed E-state index contributed by atoms with van der Waals surface area (Å²) >= 11 is 3.09. The summed E-state index contributed by atoms with van der Waals surface area (Å²) in [6, 6.07) is 14.4. The van der Waals surface area contributed by atoms with Crippen molar-refractivity contribution in [3.63, 3.8) is 0 Å². The second-order valence-corrected chi connectivity index (χ2v) is 19.0. The molecule has 5 rings (SSSR count). The summed E-state index contributed by atoms with van der Waals surface area (Å²) in [6.07, 6.45) is 6.71. The van der Waals surface area contributed by atoms with Crippen molar-refractivity contribution >= 4 is 64.8 Å². The van der Waals surface area contributed by atoms with Crippen molar-refractivity contribution in [3.8, 4) is 11.4 Å². The van der Waals surface area contributed by atoms with E-state index in [4.69, 9.17) is 20.8 Å². The standard InChI is InChI=1S/C14H23BNO3P.C12H14N3OP.C4H3BrN2.2CH4/c1-13(2)14(3,4)19-15(18-13)10-7-8-11(16)12(9-10)20(5,6)17;1-17(2,16)11-8-9(4-5-10(11)13)12-14-6-3-7-15-12;5-4-6-2-1-3-7-4;;/h7-9H,16H2,1-6H3;3-8H,13H2,1-2H3;1-3H;2*1H4.